The molecule has 0 unspecified atom stereocenters. The lowest BCUT2D eigenvalue weighted by Crippen LogP contribution is -2.11. The first-order valence-corrected chi connectivity index (χ1v) is 2.21. The van der Waals surface area contributed by atoms with E-state index in [-0.39, 0.29) is 0 Å². The highest BCUT2D eigenvalue weighted by Gasteiger charge is 1.79. The lowest BCUT2D eigenvalue weighted by Gasteiger charge is -2.03. The Morgan fingerprint density at radius 2 is 2.33 bits per heavy atom. The maximum atomic E-state index is 6.77. The molecule has 0 atom stereocenters. The molecule has 0 radical (unpaired) electrons. The molecule has 0 aliphatic heterocycles. The predicted octanol–water partition coefficient (Wildman–Crippen LogP) is 0.958. The van der Waals surface area contributed by atoms with Crippen LogP contribution in [-0.4, -0.2) is 25.5 Å². The Labute approximate surface area is 41.4 Å². The molecule has 0 N–H and O–H groups in total. The largest absolute Gasteiger partial charge is 0.309 e. The number of hydrogen-bond donors (Lipinski definition) is 0. The molecule has 6 heavy (non-hydrogen) atoms. The second-order valence-corrected chi connectivity index (χ2v) is 1.66. The molecule has 0 aliphatic rings. The molecule has 0 saturated heterocycles. The smallest absolute Gasteiger partial charge is 0.0231 e. The van der Waals surface area contributed by atoms with E-state index in [2.05, 4.69) is 4.90 Å². The van der Waals surface area contributed by atoms with Crippen LogP contribution in [0.25, 0.3) is 0 Å². The third kappa shape index (κ3) is 3.96. The maximum Gasteiger partial charge on any atom is 0.0231 e. The van der Waals surface area contributed by atoms with Gasteiger partial charge < -0.3 is 4.90 Å². The van der Waals surface area contributed by atoms with Gasteiger partial charge >= 0.3 is 0 Å². The third-order valence-electron chi connectivity index (χ3n) is 0.605. The highest BCUT2D eigenvalue weighted by Crippen LogP contribution is 1.76. The van der Waals surface area contributed by atoms with Crippen molar-refractivity contribution < 1.29 is 1.37 Å². The Morgan fingerprint density at radius 1 is 1.67 bits per heavy atom. The Hall–Kier alpha value is -0.0400. The Balaban J connectivity index is 2.68. The molecule has 1 nitrogen and oxygen atoms in total. The van der Waals surface area contributed by atoms with Gasteiger partial charge in [-0.1, -0.05) is 6.90 Å². The van der Waals surface area contributed by atoms with Crippen molar-refractivity contribution in [2.45, 2.75) is 13.3 Å². The van der Waals surface area contributed by atoms with Crippen LogP contribution in [0.4, 0.5) is 0 Å². The van der Waals surface area contributed by atoms with Gasteiger partial charge in [0.2, 0.25) is 0 Å². The fraction of sp³-hybridized carbons (Fsp3) is 1.00. The summed E-state index contributed by atoms with van der Waals surface area (Å²) in [7, 11) is 4.05. The fourth-order valence-corrected chi connectivity index (χ4v) is 0.316. The van der Waals surface area contributed by atoms with Crippen molar-refractivity contribution >= 4 is 0 Å². The topological polar surface area (TPSA) is 3.24 Å². The molecule has 0 rings (SSSR count). The van der Waals surface area contributed by atoms with Crippen molar-refractivity contribution in [2.75, 3.05) is 20.6 Å². The molecule has 0 amide bonds. The van der Waals surface area contributed by atoms with Crippen molar-refractivity contribution in [3.8, 4) is 0 Å². The molecule has 0 aliphatic carbocycles. The summed E-state index contributed by atoms with van der Waals surface area (Å²) in [5, 5.41) is 0. The van der Waals surface area contributed by atoms with Crippen LogP contribution in [0, 0.1) is 0 Å². The van der Waals surface area contributed by atoms with Crippen LogP contribution in [0.1, 0.15) is 14.7 Å². The van der Waals surface area contributed by atoms with E-state index in [1.54, 1.807) is 0 Å². The third-order valence-corrected chi connectivity index (χ3v) is 0.605. The zero-order valence-electron chi connectivity index (χ0n) is 5.57. The average molecular weight is 89.2 g/mol. The molecule has 0 saturated carbocycles. The average Bonchev–Trinajstić information content (AvgIpc) is 1.61. The second kappa shape index (κ2) is 3.16. The predicted molar refractivity (Wildman–Crippen MR) is 28.8 cm³/mol. The Kier molecular flexibility index (Phi) is 2.18. The van der Waals surface area contributed by atoms with E-state index >= 15 is 0 Å². The van der Waals surface area contributed by atoms with Gasteiger partial charge in [-0.05, 0) is 27.1 Å². The van der Waals surface area contributed by atoms with Crippen molar-refractivity contribution in [1.82, 2.24) is 4.90 Å². The minimum Gasteiger partial charge on any atom is -0.309 e. The number of hydrogen-bond acceptors (Lipinski definition) is 1. The van der Waals surface area contributed by atoms with Gasteiger partial charge in [-0.15, -0.1) is 0 Å². The first-order chi connectivity index (χ1) is 3.27. The van der Waals surface area contributed by atoms with Gasteiger partial charge in [-0.2, -0.15) is 0 Å². The molecule has 0 aromatic rings. The summed E-state index contributed by atoms with van der Waals surface area (Å²) in [5.74, 6) is 0. The number of rotatable bonds is 2. The van der Waals surface area contributed by atoms with E-state index in [1.807, 2.05) is 14.1 Å². The molecule has 0 bridgehead atoms. The maximum absolute atomic E-state index is 6.77. The molecule has 38 valence electrons. The van der Waals surface area contributed by atoms with E-state index in [9.17, 15) is 0 Å². The van der Waals surface area contributed by atoms with Gasteiger partial charge in [0.05, 0.1) is 0 Å². The fourth-order valence-electron chi connectivity index (χ4n) is 0.316. The minimum absolute atomic E-state index is 0.554. The highest BCUT2D eigenvalue weighted by atomic mass is 15.0. The second-order valence-electron chi connectivity index (χ2n) is 1.66. The van der Waals surface area contributed by atoms with Crippen molar-refractivity contribution in [3.63, 3.8) is 0 Å². The van der Waals surface area contributed by atoms with E-state index < -0.39 is 0 Å². The van der Waals surface area contributed by atoms with E-state index in [0.717, 1.165) is 13.0 Å². The quantitative estimate of drug-likeness (QED) is 0.487. The molecular formula is C5H13N. The van der Waals surface area contributed by atoms with Crippen LogP contribution in [-0.2, 0) is 0 Å². The summed E-state index contributed by atoms with van der Waals surface area (Å²) < 4.78 is 6.77. The SMILES string of the molecule is [3H]CCCN(C)C. The van der Waals surface area contributed by atoms with Gasteiger partial charge in [-0.25, -0.2) is 0 Å². The molecular weight excluding hydrogens is 74.1 g/mol. The van der Waals surface area contributed by atoms with Gasteiger partial charge in [0.25, 0.3) is 0 Å². The number of nitrogens with zero attached hydrogens (tertiary/aromatic N) is 1. The van der Waals surface area contributed by atoms with Crippen LogP contribution in [0.15, 0.2) is 0 Å². The van der Waals surface area contributed by atoms with Gasteiger partial charge in [0.15, 0.2) is 0 Å². The van der Waals surface area contributed by atoms with Gasteiger partial charge in [-0.3, -0.25) is 0 Å². The summed E-state index contributed by atoms with van der Waals surface area (Å²) in [4.78, 5) is 2.09. The lowest BCUT2D eigenvalue weighted by molar-refractivity contribution is 0.408. The van der Waals surface area contributed by atoms with E-state index in [0.29, 0.717) is 6.90 Å². The monoisotopic (exact) mass is 89.1 g/mol. The summed E-state index contributed by atoms with van der Waals surface area (Å²) in [6.07, 6.45) is 0.993. The van der Waals surface area contributed by atoms with Crippen LogP contribution in [0.2, 0.25) is 0 Å². The highest BCUT2D eigenvalue weighted by molar-refractivity contribution is 4.34. The van der Waals surface area contributed by atoms with E-state index in [1.165, 1.54) is 0 Å². The van der Waals surface area contributed by atoms with Gasteiger partial charge in [0.1, 0.15) is 0 Å². The summed E-state index contributed by atoms with van der Waals surface area (Å²) >= 11 is 0. The van der Waals surface area contributed by atoms with Crippen LogP contribution >= 0.6 is 0 Å². The Bertz CT molecular complexity index is 37.1. The standard InChI is InChI=1S/C5H13N/c1-4-5-6(2)3/h4-5H2,1-3H3/i1T. The van der Waals surface area contributed by atoms with Crippen LogP contribution in [0.3, 0.4) is 0 Å². The van der Waals surface area contributed by atoms with E-state index in [4.69, 9.17) is 1.37 Å². The molecule has 0 aromatic carbocycles. The van der Waals surface area contributed by atoms with Crippen molar-refractivity contribution in [1.29, 1.82) is 0 Å². The molecule has 0 aromatic heterocycles. The van der Waals surface area contributed by atoms with Crippen LogP contribution < -0.4 is 0 Å². The normalized spacial score (nSPS) is 12.2. The minimum atomic E-state index is 0.554. The van der Waals surface area contributed by atoms with Crippen molar-refractivity contribution in [3.05, 3.63) is 0 Å². The summed E-state index contributed by atoms with van der Waals surface area (Å²) in [5.41, 5.74) is 0. The first kappa shape index (κ1) is 4.13. The summed E-state index contributed by atoms with van der Waals surface area (Å²) in [6.45, 7) is 1.60. The summed E-state index contributed by atoms with van der Waals surface area (Å²) in [6, 6.07) is 0. The molecule has 0 spiro atoms. The zero-order valence-corrected chi connectivity index (χ0v) is 4.57. The van der Waals surface area contributed by atoms with Crippen LogP contribution in [0.5, 0.6) is 0 Å². The Morgan fingerprint density at radius 3 is 2.50 bits per heavy atom. The van der Waals surface area contributed by atoms with Gasteiger partial charge in [0, 0.05) is 1.37 Å². The first-order valence-electron chi connectivity index (χ1n) is 2.92. The zero-order chi connectivity index (χ0) is 5.70. The lowest BCUT2D eigenvalue weighted by atomic mass is 10.5. The molecule has 0 heterocycles. The molecule has 1 heteroatoms. The van der Waals surface area contributed by atoms with Crippen molar-refractivity contribution in [2.24, 2.45) is 0 Å². The molecule has 0 fully saturated rings.